The van der Waals surface area contributed by atoms with Crippen molar-refractivity contribution < 1.29 is 0 Å². The Morgan fingerprint density at radius 2 is 2.45 bits per heavy atom. The van der Waals surface area contributed by atoms with E-state index in [0.29, 0.717) is 0 Å². The van der Waals surface area contributed by atoms with Gasteiger partial charge >= 0.3 is 0 Å². The Hall–Kier alpha value is -0.0500. The zero-order chi connectivity index (χ0) is 8.27. The lowest BCUT2D eigenvalue weighted by atomic mass is 10.2. The van der Waals surface area contributed by atoms with Gasteiger partial charge in [0, 0.05) is 16.3 Å². The first-order valence-electron chi connectivity index (χ1n) is 3.67. The van der Waals surface area contributed by atoms with Crippen molar-refractivity contribution in [3.05, 3.63) is 21.3 Å². The molecule has 1 aromatic rings. The van der Waals surface area contributed by atoms with Gasteiger partial charge in [0.2, 0.25) is 0 Å². The van der Waals surface area contributed by atoms with Gasteiger partial charge in [-0.2, -0.15) is 0 Å². The van der Waals surface area contributed by atoms with E-state index in [9.17, 15) is 0 Å². The highest BCUT2D eigenvalue weighted by Crippen LogP contribution is 2.20. The Labute approximate surface area is 76.2 Å². The fraction of sp³-hybridized carbons (Fsp3) is 0.500. The molecular weight excluding hydrogens is 178 g/mol. The van der Waals surface area contributed by atoms with Crippen LogP contribution < -0.4 is 5.73 Å². The van der Waals surface area contributed by atoms with E-state index in [4.69, 9.17) is 17.3 Å². The number of aryl methyl sites for hydroxylation is 1. The highest BCUT2D eigenvalue weighted by atomic mass is 35.5. The van der Waals surface area contributed by atoms with Gasteiger partial charge < -0.3 is 5.73 Å². The van der Waals surface area contributed by atoms with Crippen LogP contribution in [0.4, 0.5) is 0 Å². The summed E-state index contributed by atoms with van der Waals surface area (Å²) < 4.78 is 0. The van der Waals surface area contributed by atoms with Gasteiger partial charge in [-0.15, -0.1) is 11.3 Å². The molecule has 0 bridgehead atoms. The lowest BCUT2D eigenvalue weighted by molar-refractivity contribution is 0.670. The standard InChI is InChI=1S/C8H12ClNS/c1-6(10)2-3-8-4-7(9)5-11-8/h4-6H,2-3,10H2,1H3/t6-/m0/s1. The largest absolute Gasteiger partial charge is 0.328 e. The van der Waals surface area contributed by atoms with Crippen LogP contribution in [0.2, 0.25) is 5.02 Å². The molecule has 1 atom stereocenters. The van der Waals surface area contributed by atoms with Gasteiger partial charge in [0.15, 0.2) is 0 Å². The summed E-state index contributed by atoms with van der Waals surface area (Å²) in [6, 6.07) is 2.30. The molecule has 0 aromatic carbocycles. The predicted molar refractivity (Wildman–Crippen MR) is 51.3 cm³/mol. The molecule has 1 nitrogen and oxygen atoms in total. The minimum Gasteiger partial charge on any atom is -0.328 e. The fourth-order valence-corrected chi connectivity index (χ4v) is 1.95. The molecule has 0 spiro atoms. The minimum atomic E-state index is 0.288. The second kappa shape index (κ2) is 4.10. The molecule has 0 aliphatic heterocycles. The monoisotopic (exact) mass is 189 g/mol. The lowest BCUT2D eigenvalue weighted by Gasteiger charge is -2.01. The Morgan fingerprint density at radius 1 is 1.73 bits per heavy atom. The van der Waals surface area contributed by atoms with E-state index >= 15 is 0 Å². The zero-order valence-electron chi connectivity index (χ0n) is 6.51. The van der Waals surface area contributed by atoms with Gasteiger partial charge in [0.05, 0.1) is 5.02 Å². The Kier molecular flexibility index (Phi) is 3.37. The van der Waals surface area contributed by atoms with Crippen LogP contribution in [0, 0.1) is 0 Å². The van der Waals surface area contributed by atoms with Crippen molar-refractivity contribution in [3.63, 3.8) is 0 Å². The topological polar surface area (TPSA) is 26.0 Å². The maximum atomic E-state index is 5.75. The first-order valence-corrected chi connectivity index (χ1v) is 4.92. The van der Waals surface area contributed by atoms with Gasteiger partial charge in [-0.05, 0) is 25.8 Å². The summed E-state index contributed by atoms with van der Waals surface area (Å²) in [4.78, 5) is 1.33. The maximum absolute atomic E-state index is 5.75. The Balaban J connectivity index is 2.39. The predicted octanol–water partition coefficient (Wildman–Crippen LogP) is 2.68. The van der Waals surface area contributed by atoms with Crippen molar-refractivity contribution >= 4 is 22.9 Å². The number of nitrogens with two attached hydrogens (primary N) is 1. The van der Waals surface area contributed by atoms with Crippen LogP contribution in [0.1, 0.15) is 18.2 Å². The molecule has 0 saturated heterocycles. The van der Waals surface area contributed by atoms with Crippen LogP contribution in [0.15, 0.2) is 11.4 Å². The molecular formula is C8H12ClNS. The van der Waals surface area contributed by atoms with E-state index in [0.717, 1.165) is 17.9 Å². The van der Waals surface area contributed by atoms with Crippen LogP contribution >= 0.6 is 22.9 Å². The Morgan fingerprint density at radius 3 is 2.91 bits per heavy atom. The molecule has 0 saturated carbocycles. The average Bonchev–Trinajstić information content (AvgIpc) is 2.31. The summed E-state index contributed by atoms with van der Waals surface area (Å²) in [6.45, 7) is 2.02. The van der Waals surface area contributed by atoms with Gasteiger partial charge in [0.1, 0.15) is 0 Å². The van der Waals surface area contributed by atoms with Crippen LogP contribution in [-0.2, 0) is 6.42 Å². The second-order valence-corrected chi connectivity index (χ2v) is 4.18. The quantitative estimate of drug-likeness (QED) is 0.778. The third-order valence-electron chi connectivity index (χ3n) is 1.47. The van der Waals surface area contributed by atoms with Crippen molar-refractivity contribution in [2.75, 3.05) is 0 Å². The number of thiophene rings is 1. The first-order chi connectivity index (χ1) is 5.18. The number of hydrogen-bond donors (Lipinski definition) is 1. The van der Waals surface area contributed by atoms with Crippen molar-refractivity contribution in [1.29, 1.82) is 0 Å². The van der Waals surface area contributed by atoms with E-state index in [-0.39, 0.29) is 6.04 Å². The summed E-state index contributed by atoms with van der Waals surface area (Å²) in [5, 5.41) is 2.80. The molecule has 1 rings (SSSR count). The number of rotatable bonds is 3. The summed E-state index contributed by atoms with van der Waals surface area (Å²) in [7, 11) is 0. The molecule has 1 heterocycles. The molecule has 62 valence electrons. The normalized spacial score (nSPS) is 13.4. The maximum Gasteiger partial charge on any atom is 0.0515 e. The Bertz CT molecular complexity index is 220. The molecule has 3 heteroatoms. The first kappa shape index (κ1) is 9.04. The van der Waals surface area contributed by atoms with Crippen LogP contribution in [0.25, 0.3) is 0 Å². The van der Waals surface area contributed by atoms with E-state index < -0.39 is 0 Å². The molecule has 11 heavy (non-hydrogen) atoms. The average molecular weight is 190 g/mol. The highest BCUT2D eigenvalue weighted by Gasteiger charge is 1.99. The molecule has 0 aliphatic carbocycles. The SMILES string of the molecule is C[C@H](N)CCc1cc(Cl)cs1. The fourth-order valence-electron chi connectivity index (χ4n) is 0.855. The number of halogens is 1. The van der Waals surface area contributed by atoms with E-state index in [2.05, 4.69) is 0 Å². The molecule has 0 amide bonds. The summed E-state index contributed by atoms with van der Waals surface area (Å²) in [5.74, 6) is 0. The van der Waals surface area contributed by atoms with Crippen LogP contribution in [0.3, 0.4) is 0 Å². The smallest absolute Gasteiger partial charge is 0.0515 e. The highest BCUT2D eigenvalue weighted by molar-refractivity contribution is 7.10. The third kappa shape index (κ3) is 3.23. The zero-order valence-corrected chi connectivity index (χ0v) is 8.08. The minimum absolute atomic E-state index is 0.288. The van der Waals surface area contributed by atoms with E-state index in [1.807, 2.05) is 18.4 Å². The molecule has 0 aliphatic rings. The second-order valence-electron chi connectivity index (χ2n) is 2.75. The summed E-state index contributed by atoms with van der Waals surface area (Å²) in [5.41, 5.74) is 5.62. The molecule has 0 fully saturated rings. The van der Waals surface area contributed by atoms with Crippen molar-refractivity contribution in [3.8, 4) is 0 Å². The molecule has 1 aromatic heterocycles. The van der Waals surface area contributed by atoms with Gasteiger partial charge in [-0.3, -0.25) is 0 Å². The summed E-state index contributed by atoms with van der Waals surface area (Å²) in [6.07, 6.45) is 2.09. The molecule has 0 unspecified atom stereocenters. The molecule has 0 radical (unpaired) electrons. The van der Waals surface area contributed by atoms with Crippen molar-refractivity contribution in [2.45, 2.75) is 25.8 Å². The van der Waals surface area contributed by atoms with E-state index in [1.165, 1.54) is 4.88 Å². The molecule has 2 N–H and O–H groups in total. The summed E-state index contributed by atoms with van der Waals surface area (Å²) >= 11 is 7.46. The van der Waals surface area contributed by atoms with Crippen molar-refractivity contribution in [1.82, 2.24) is 0 Å². The van der Waals surface area contributed by atoms with Gasteiger partial charge in [-0.1, -0.05) is 11.6 Å². The lowest BCUT2D eigenvalue weighted by Crippen LogP contribution is -2.14. The van der Waals surface area contributed by atoms with E-state index in [1.54, 1.807) is 11.3 Å². The number of hydrogen-bond acceptors (Lipinski definition) is 2. The van der Waals surface area contributed by atoms with Gasteiger partial charge in [-0.25, -0.2) is 0 Å². The van der Waals surface area contributed by atoms with Crippen molar-refractivity contribution in [2.24, 2.45) is 5.73 Å². The van der Waals surface area contributed by atoms with Gasteiger partial charge in [0.25, 0.3) is 0 Å². The third-order valence-corrected chi connectivity index (χ3v) is 2.81. The van der Waals surface area contributed by atoms with Crippen LogP contribution in [0.5, 0.6) is 0 Å². The van der Waals surface area contributed by atoms with Crippen LogP contribution in [-0.4, -0.2) is 6.04 Å².